The summed E-state index contributed by atoms with van der Waals surface area (Å²) in [5.74, 6) is 0.148. The molecule has 2 atom stereocenters. The van der Waals surface area contributed by atoms with E-state index in [0.29, 0.717) is 0 Å². The molecule has 0 amide bonds. The van der Waals surface area contributed by atoms with Crippen molar-refractivity contribution in [1.29, 1.82) is 0 Å². The number of aliphatic hydroxyl groups is 2. The Hall–Kier alpha value is -0.600. The Morgan fingerprint density at radius 1 is 1.42 bits per heavy atom. The van der Waals surface area contributed by atoms with E-state index < -0.39 is 5.60 Å². The summed E-state index contributed by atoms with van der Waals surface area (Å²) in [6, 6.07) is 0. The van der Waals surface area contributed by atoms with Crippen molar-refractivity contribution in [3.8, 4) is 0 Å². The van der Waals surface area contributed by atoms with Crippen LogP contribution in [0.2, 0.25) is 0 Å². The second-order valence-corrected chi connectivity index (χ2v) is 3.44. The van der Waals surface area contributed by atoms with Crippen LogP contribution in [0.15, 0.2) is 24.3 Å². The third-order valence-electron chi connectivity index (χ3n) is 2.31. The number of hydrogen-bond donors (Lipinski definition) is 2. The van der Waals surface area contributed by atoms with E-state index >= 15 is 0 Å². The lowest BCUT2D eigenvalue weighted by Crippen LogP contribution is -2.32. The maximum atomic E-state index is 9.84. The number of hydrogen-bond acceptors (Lipinski definition) is 2. The van der Waals surface area contributed by atoms with E-state index in [2.05, 4.69) is 0 Å². The van der Waals surface area contributed by atoms with Gasteiger partial charge in [-0.05, 0) is 19.8 Å². The van der Waals surface area contributed by atoms with Crippen molar-refractivity contribution >= 4 is 0 Å². The van der Waals surface area contributed by atoms with Gasteiger partial charge in [-0.15, -0.1) is 0 Å². The molecule has 0 saturated heterocycles. The van der Waals surface area contributed by atoms with Crippen molar-refractivity contribution in [2.24, 2.45) is 5.92 Å². The van der Waals surface area contributed by atoms with Gasteiger partial charge in [0.05, 0.1) is 5.60 Å². The second kappa shape index (κ2) is 3.87. The van der Waals surface area contributed by atoms with E-state index in [1.54, 1.807) is 13.0 Å². The molecule has 0 heterocycles. The van der Waals surface area contributed by atoms with Gasteiger partial charge in [0.1, 0.15) is 0 Å². The largest absolute Gasteiger partial charge is 0.396 e. The quantitative estimate of drug-likeness (QED) is 0.666. The Morgan fingerprint density at radius 2 is 2.17 bits per heavy atom. The third-order valence-corrected chi connectivity index (χ3v) is 2.31. The predicted molar refractivity (Wildman–Crippen MR) is 48.7 cm³/mol. The minimum absolute atomic E-state index is 0.148. The Morgan fingerprint density at radius 3 is 2.75 bits per heavy atom. The zero-order valence-corrected chi connectivity index (χ0v) is 7.40. The van der Waals surface area contributed by atoms with Crippen LogP contribution in [0, 0.1) is 5.92 Å². The Kier molecular flexibility index (Phi) is 3.06. The first kappa shape index (κ1) is 9.49. The van der Waals surface area contributed by atoms with E-state index in [0.717, 1.165) is 12.8 Å². The van der Waals surface area contributed by atoms with Crippen LogP contribution in [-0.4, -0.2) is 22.4 Å². The van der Waals surface area contributed by atoms with E-state index in [9.17, 15) is 5.11 Å². The normalized spacial score (nSPS) is 34.1. The molecule has 68 valence electrons. The molecule has 2 heteroatoms. The van der Waals surface area contributed by atoms with Crippen molar-refractivity contribution in [2.75, 3.05) is 6.61 Å². The molecule has 0 aromatic carbocycles. The molecule has 1 aliphatic carbocycles. The molecule has 2 unspecified atom stereocenters. The van der Waals surface area contributed by atoms with Crippen LogP contribution in [-0.2, 0) is 0 Å². The molecule has 1 rings (SSSR count). The molecule has 0 radical (unpaired) electrons. The zero-order valence-electron chi connectivity index (χ0n) is 7.40. The van der Waals surface area contributed by atoms with Crippen molar-refractivity contribution in [2.45, 2.75) is 25.4 Å². The van der Waals surface area contributed by atoms with Crippen molar-refractivity contribution in [3.05, 3.63) is 24.3 Å². The summed E-state index contributed by atoms with van der Waals surface area (Å²) < 4.78 is 0. The minimum atomic E-state index is -0.732. The van der Waals surface area contributed by atoms with Gasteiger partial charge in [-0.3, -0.25) is 0 Å². The highest BCUT2D eigenvalue weighted by Gasteiger charge is 2.27. The summed E-state index contributed by atoms with van der Waals surface area (Å²) in [5, 5.41) is 18.5. The van der Waals surface area contributed by atoms with Gasteiger partial charge in [-0.2, -0.15) is 0 Å². The summed E-state index contributed by atoms with van der Waals surface area (Å²) in [7, 11) is 0. The average molecular weight is 168 g/mol. The summed E-state index contributed by atoms with van der Waals surface area (Å²) in [6.07, 6.45) is 9.18. The van der Waals surface area contributed by atoms with Crippen LogP contribution in [0.1, 0.15) is 19.8 Å². The molecule has 0 aliphatic heterocycles. The van der Waals surface area contributed by atoms with E-state index in [1.165, 1.54) is 0 Å². The molecule has 0 saturated carbocycles. The molecule has 2 N–H and O–H groups in total. The standard InChI is InChI=1S/C10H16O2/c1-10(12)7-3-2-5-9(10)6-4-8-11/h2-3,5,7,9,11-12H,4,6,8H2,1H3. The SMILES string of the molecule is CC1(O)C=CC=CC1CCCO. The lowest BCUT2D eigenvalue weighted by Gasteiger charge is -2.29. The van der Waals surface area contributed by atoms with E-state index in [1.807, 2.05) is 18.2 Å². The first-order valence-corrected chi connectivity index (χ1v) is 4.36. The van der Waals surface area contributed by atoms with Crippen LogP contribution in [0.3, 0.4) is 0 Å². The van der Waals surface area contributed by atoms with Gasteiger partial charge in [0.15, 0.2) is 0 Å². The molecular weight excluding hydrogens is 152 g/mol. The van der Waals surface area contributed by atoms with E-state index in [4.69, 9.17) is 5.11 Å². The predicted octanol–water partition coefficient (Wildman–Crippen LogP) is 1.25. The van der Waals surface area contributed by atoms with Crippen LogP contribution >= 0.6 is 0 Å². The summed E-state index contributed by atoms with van der Waals surface area (Å²) >= 11 is 0. The van der Waals surface area contributed by atoms with Crippen molar-refractivity contribution in [1.82, 2.24) is 0 Å². The van der Waals surface area contributed by atoms with Crippen LogP contribution in [0.4, 0.5) is 0 Å². The second-order valence-electron chi connectivity index (χ2n) is 3.44. The number of allylic oxidation sites excluding steroid dienone is 2. The molecule has 1 aliphatic rings. The molecule has 0 aromatic rings. The molecule has 0 aromatic heterocycles. The fraction of sp³-hybridized carbons (Fsp3) is 0.600. The summed E-state index contributed by atoms with van der Waals surface area (Å²) in [6.45, 7) is 2.00. The highest BCUT2D eigenvalue weighted by molar-refractivity contribution is 5.20. The third kappa shape index (κ3) is 2.19. The van der Waals surface area contributed by atoms with Crippen LogP contribution in [0.5, 0.6) is 0 Å². The lowest BCUT2D eigenvalue weighted by molar-refractivity contribution is 0.0587. The Bertz CT molecular complexity index is 192. The molecule has 0 bridgehead atoms. The maximum Gasteiger partial charge on any atom is 0.0865 e. The highest BCUT2D eigenvalue weighted by atomic mass is 16.3. The highest BCUT2D eigenvalue weighted by Crippen LogP contribution is 2.27. The zero-order chi connectivity index (χ0) is 9.03. The maximum absolute atomic E-state index is 9.84. The summed E-state index contributed by atoms with van der Waals surface area (Å²) in [4.78, 5) is 0. The Balaban J connectivity index is 2.52. The van der Waals surface area contributed by atoms with Gasteiger partial charge in [0.2, 0.25) is 0 Å². The molecule has 0 fully saturated rings. The minimum Gasteiger partial charge on any atom is -0.396 e. The molecule has 2 nitrogen and oxygen atoms in total. The monoisotopic (exact) mass is 168 g/mol. The number of rotatable bonds is 3. The average Bonchev–Trinajstić information content (AvgIpc) is 2.02. The smallest absolute Gasteiger partial charge is 0.0865 e. The summed E-state index contributed by atoms with van der Waals surface area (Å²) in [5.41, 5.74) is -0.732. The van der Waals surface area contributed by atoms with Gasteiger partial charge < -0.3 is 10.2 Å². The number of aliphatic hydroxyl groups excluding tert-OH is 1. The van der Waals surface area contributed by atoms with Crippen molar-refractivity contribution < 1.29 is 10.2 Å². The van der Waals surface area contributed by atoms with Gasteiger partial charge >= 0.3 is 0 Å². The van der Waals surface area contributed by atoms with Gasteiger partial charge in [0, 0.05) is 12.5 Å². The van der Waals surface area contributed by atoms with Gasteiger partial charge in [0.25, 0.3) is 0 Å². The topological polar surface area (TPSA) is 40.5 Å². The van der Waals surface area contributed by atoms with Crippen LogP contribution < -0.4 is 0 Å². The van der Waals surface area contributed by atoms with Crippen molar-refractivity contribution in [3.63, 3.8) is 0 Å². The molecule has 0 spiro atoms. The Labute approximate surface area is 73.2 Å². The molecule has 12 heavy (non-hydrogen) atoms. The first-order chi connectivity index (χ1) is 5.67. The van der Waals surface area contributed by atoms with Gasteiger partial charge in [-0.1, -0.05) is 24.3 Å². The first-order valence-electron chi connectivity index (χ1n) is 4.36. The van der Waals surface area contributed by atoms with Gasteiger partial charge in [-0.25, -0.2) is 0 Å². The fourth-order valence-corrected chi connectivity index (χ4v) is 1.47. The molecular formula is C10H16O2. The van der Waals surface area contributed by atoms with E-state index in [-0.39, 0.29) is 12.5 Å². The lowest BCUT2D eigenvalue weighted by atomic mass is 9.82. The van der Waals surface area contributed by atoms with Crippen LogP contribution in [0.25, 0.3) is 0 Å². The fourth-order valence-electron chi connectivity index (χ4n) is 1.47.